The maximum Gasteiger partial charge on any atom is 0.0806 e. The topological polar surface area (TPSA) is 47.9 Å². The van der Waals surface area contributed by atoms with E-state index in [0.29, 0.717) is 32.8 Å². The molecule has 0 radical (unpaired) electrons. The highest BCUT2D eigenvalue weighted by Gasteiger charge is 2.11. The fourth-order valence-electron chi connectivity index (χ4n) is 0.980. The highest BCUT2D eigenvalue weighted by molar-refractivity contribution is 4.60. The lowest BCUT2D eigenvalue weighted by atomic mass is 10.2. The molecule has 0 heterocycles. The molecule has 1 N–H and O–H groups in total. The van der Waals surface area contributed by atoms with E-state index in [-0.39, 0.29) is 12.2 Å². The van der Waals surface area contributed by atoms with Crippen LogP contribution in [0, 0.1) is 0 Å². The lowest BCUT2D eigenvalue weighted by molar-refractivity contribution is -0.0511. The van der Waals surface area contributed by atoms with Crippen LogP contribution in [0.1, 0.15) is 20.3 Å². The molecule has 0 aliphatic carbocycles. The summed E-state index contributed by atoms with van der Waals surface area (Å²) < 4.78 is 15.4. The molecule has 0 rings (SSSR count). The monoisotopic (exact) mass is 206 g/mol. The van der Waals surface area contributed by atoms with Crippen LogP contribution in [0.5, 0.6) is 0 Å². The first-order valence-corrected chi connectivity index (χ1v) is 5.08. The van der Waals surface area contributed by atoms with Gasteiger partial charge in [0, 0.05) is 7.11 Å². The Bertz CT molecular complexity index is 119. The van der Waals surface area contributed by atoms with Crippen LogP contribution in [0.2, 0.25) is 0 Å². The molecule has 2 atom stereocenters. The van der Waals surface area contributed by atoms with Gasteiger partial charge in [0.1, 0.15) is 0 Å². The summed E-state index contributed by atoms with van der Waals surface area (Å²) in [5.74, 6) is 0. The number of hydrogen-bond donors (Lipinski definition) is 1. The van der Waals surface area contributed by atoms with Gasteiger partial charge in [-0.3, -0.25) is 0 Å². The third-order valence-electron chi connectivity index (χ3n) is 2.00. The molecule has 0 saturated heterocycles. The normalized spacial score (nSPS) is 15.4. The number of rotatable bonds is 9. The standard InChI is InChI=1S/C10H22O4/c1-4-10(11)9(2)14-8-7-13-6-5-12-3/h9-11H,4-8H2,1-3H3. The molecule has 2 unspecified atom stereocenters. The molecule has 4 nitrogen and oxygen atoms in total. The van der Waals surface area contributed by atoms with Crippen molar-refractivity contribution in [2.45, 2.75) is 32.5 Å². The van der Waals surface area contributed by atoms with Gasteiger partial charge in [-0.2, -0.15) is 0 Å². The summed E-state index contributed by atoms with van der Waals surface area (Å²) in [6, 6.07) is 0. The van der Waals surface area contributed by atoms with Crippen molar-refractivity contribution in [1.82, 2.24) is 0 Å². The molecular weight excluding hydrogens is 184 g/mol. The van der Waals surface area contributed by atoms with Crippen molar-refractivity contribution in [3.63, 3.8) is 0 Å². The van der Waals surface area contributed by atoms with Gasteiger partial charge in [-0.15, -0.1) is 0 Å². The van der Waals surface area contributed by atoms with Gasteiger partial charge in [0.2, 0.25) is 0 Å². The third kappa shape index (κ3) is 7.26. The summed E-state index contributed by atoms with van der Waals surface area (Å²) in [4.78, 5) is 0. The lowest BCUT2D eigenvalue weighted by Gasteiger charge is -2.17. The summed E-state index contributed by atoms with van der Waals surface area (Å²) in [7, 11) is 1.64. The van der Waals surface area contributed by atoms with Crippen molar-refractivity contribution < 1.29 is 19.3 Å². The second-order valence-corrected chi connectivity index (χ2v) is 3.16. The van der Waals surface area contributed by atoms with Gasteiger partial charge in [0.25, 0.3) is 0 Å². The van der Waals surface area contributed by atoms with Gasteiger partial charge in [0.15, 0.2) is 0 Å². The zero-order valence-corrected chi connectivity index (χ0v) is 9.36. The average molecular weight is 206 g/mol. The highest BCUT2D eigenvalue weighted by atomic mass is 16.5. The van der Waals surface area contributed by atoms with E-state index in [9.17, 15) is 5.11 Å². The molecule has 0 saturated carbocycles. The Kier molecular flexibility index (Phi) is 9.29. The number of aliphatic hydroxyl groups is 1. The zero-order chi connectivity index (χ0) is 10.8. The van der Waals surface area contributed by atoms with Gasteiger partial charge >= 0.3 is 0 Å². The molecule has 0 fully saturated rings. The van der Waals surface area contributed by atoms with E-state index in [2.05, 4.69) is 0 Å². The van der Waals surface area contributed by atoms with Crippen molar-refractivity contribution in [2.75, 3.05) is 33.5 Å². The van der Waals surface area contributed by atoms with Gasteiger partial charge in [-0.1, -0.05) is 6.92 Å². The van der Waals surface area contributed by atoms with Crippen LogP contribution >= 0.6 is 0 Å². The van der Waals surface area contributed by atoms with E-state index in [4.69, 9.17) is 14.2 Å². The number of ether oxygens (including phenoxy) is 3. The van der Waals surface area contributed by atoms with Gasteiger partial charge in [-0.05, 0) is 13.3 Å². The quantitative estimate of drug-likeness (QED) is 0.568. The largest absolute Gasteiger partial charge is 0.390 e. The van der Waals surface area contributed by atoms with Crippen LogP contribution in [-0.2, 0) is 14.2 Å². The molecule has 0 aliphatic rings. The number of aliphatic hydroxyl groups excluding tert-OH is 1. The number of hydrogen-bond acceptors (Lipinski definition) is 4. The molecule has 0 aromatic heterocycles. The van der Waals surface area contributed by atoms with Gasteiger partial charge in [-0.25, -0.2) is 0 Å². The van der Waals surface area contributed by atoms with Crippen molar-refractivity contribution in [3.8, 4) is 0 Å². The second kappa shape index (κ2) is 9.40. The van der Waals surface area contributed by atoms with E-state index in [1.165, 1.54) is 0 Å². The summed E-state index contributed by atoms with van der Waals surface area (Å²) >= 11 is 0. The lowest BCUT2D eigenvalue weighted by Crippen LogP contribution is -2.26. The molecule has 0 amide bonds. The fraction of sp³-hybridized carbons (Fsp3) is 1.00. The van der Waals surface area contributed by atoms with Crippen LogP contribution in [-0.4, -0.2) is 50.9 Å². The Balaban J connectivity index is 3.18. The molecule has 0 aromatic rings. The second-order valence-electron chi connectivity index (χ2n) is 3.16. The van der Waals surface area contributed by atoms with E-state index in [1.807, 2.05) is 13.8 Å². The Labute approximate surface area is 86.2 Å². The first kappa shape index (κ1) is 13.8. The average Bonchev–Trinajstić information content (AvgIpc) is 2.21. The Hall–Kier alpha value is -0.160. The third-order valence-corrected chi connectivity index (χ3v) is 2.00. The fourth-order valence-corrected chi connectivity index (χ4v) is 0.980. The van der Waals surface area contributed by atoms with Crippen molar-refractivity contribution >= 4 is 0 Å². The van der Waals surface area contributed by atoms with Crippen LogP contribution < -0.4 is 0 Å². The van der Waals surface area contributed by atoms with Crippen molar-refractivity contribution in [3.05, 3.63) is 0 Å². The summed E-state index contributed by atoms with van der Waals surface area (Å²) in [5.41, 5.74) is 0. The maximum absolute atomic E-state index is 9.38. The first-order valence-electron chi connectivity index (χ1n) is 5.08. The minimum Gasteiger partial charge on any atom is -0.390 e. The Morgan fingerprint density at radius 2 is 1.79 bits per heavy atom. The van der Waals surface area contributed by atoms with E-state index < -0.39 is 0 Å². The van der Waals surface area contributed by atoms with E-state index in [0.717, 1.165) is 0 Å². The van der Waals surface area contributed by atoms with Crippen LogP contribution in [0.3, 0.4) is 0 Å². The molecule has 0 bridgehead atoms. The first-order chi connectivity index (χ1) is 6.72. The Morgan fingerprint density at radius 1 is 1.14 bits per heavy atom. The van der Waals surface area contributed by atoms with Crippen LogP contribution in [0.4, 0.5) is 0 Å². The minimum absolute atomic E-state index is 0.119. The van der Waals surface area contributed by atoms with Crippen LogP contribution in [0.25, 0.3) is 0 Å². The van der Waals surface area contributed by atoms with Gasteiger partial charge < -0.3 is 19.3 Å². The molecule has 0 aliphatic heterocycles. The summed E-state index contributed by atoms with van der Waals surface area (Å²) in [5, 5.41) is 9.38. The van der Waals surface area contributed by atoms with Crippen molar-refractivity contribution in [1.29, 1.82) is 0 Å². The minimum atomic E-state index is -0.381. The SMILES string of the molecule is CCC(O)C(C)OCCOCCOC. The van der Waals surface area contributed by atoms with Crippen molar-refractivity contribution in [2.24, 2.45) is 0 Å². The molecule has 4 heteroatoms. The maximum atomic E-state index is 9.38. The van der Waals surface area contributed by atoms with Crippen LogP contribution in [0.15, 0.2) is 0 Å². The molecule has 0 aromatic carbocycles. The van der Waals surface area contributed by atoms with E-state index in [1.54, 1.807) is 7.11 Å². The number of methoxy groups -OCH3 is 1. The molecular formula is C10H22O4. The highest BCUT2D eigenvalue weighted by Crippen LogP contribution is 2.01. The summed E-state index contributed by atoms with van der Waals surface area (Å²) in [6.07, 6.45) is 0.214. The van der Waals surface area contributed by atoms with E-state index >= 15 is 0 Å². The summed E-state index contributed by atoms with van der Waals surface area (Å²) in [6.45, 7) is 6.05. The predicted octanol–water partition coefficient (Wildman–Crippen LogP) is 0.825. The smallest absolute Gasteiger partial charge is 0.0806 e. The van der Waals surface area contributed by atoms with Gasteiger partial charge in [0.05, 0.1) is 38.6 Å². The Morgan fingerprint density at radius 3 is 2.36 bits per heavy atom. The molecule has 0 spiro atoms. The molecule has 86 valence electrons. The molecule has 14 heavy (non-hydrogen) atoms. The predicted molar refractivity (Wildman–Crippen MR) is 54.4 cm³/mol. The zero-order valence-electron chi connectivity index (χ0n) is 9.36.